The number of carbonyl (C=O) groups excluding carboxylic acids is 3. The van der Waals surface area contributed by atoms with Gasteiger partial charge in [-0.2, -0.15) is 12.6 Å². The molecule has 1 unspecified atom stereocenters. The van der Waals surface area contributed by atoms with Gasteiger partial charge >= 0.3 is 5.97 Å². The van der Waals surface area contributed by atoms with Crippen LogP contribution in [0, 0.1) is 0 Å². The van der Waals surface area contributed by atoms with Crippen LogP contribution in [0.15, 0.2) is 0 Å². The van der Waals surface area contributed by atoms with Crippen LogP contribution in [-0.4, -0.2) is 63.6 Å². The van der Waals surface area contributed by atoms with Crippen LogP contribution < -0.4 is 16.4 Å². The Bertz CT molecular complexity index is 541. The van der Waals surface area contributed by atoms with Gasteiger partial charge in [-0.1, -0.05) is 48.8 Å². The van der Waals surface area contributed by atoms with Crippen LogP contribution in [0.1, 0.15) is 46.5 Å². The molecule has 2 atom stereocenters. The van der Waals surface area contributed by atoms with E-state index in [0.29, 0.717) is 31.6 Å². The van der Waals surface area contributed by atoms with Crippen molar-refractivity contribution in [3.05, 3.63) is 0 Å². The fourth-order valence-corrected chi connectivity index (χ4v) is 4.49. The summed E-state index contributed by atoms with van der Waals surface area (Å²) in [6.45, 7) is 6.46. The van der Waals surface area contributed by atoms with E-state index in [1.165, 1.54) is 10.8 Å². The fourth-order valence-electron chi connectivity index (χ4n) is 1.86. The Hall–Kier alpha value is -0.910. The van der Waals surface area contributed by atoms with E-state index < -0.39 is 29.7 Å². The molecule has 162 valence electrons. The average molecular weight is 454 g/mol. The molecule has 0 rings (SSSR count). The summed E-state index contributed by atoms with van der Waals surface area (Å²) >= 11 is 3.91. The van der Waals surface area contributed by atoms with Gasteiger partial charge in [0.2, 0.25) is 11.7 Å². The third-order valence-electron chi connectivity index (χ3n) is 3.29. The first kappa shape index (κ1) is 27.1. The van der Waals surface area contributed by atoms with Gasteiger partial charge in [-0.3, -0.25) is 19.2 Å². The number of nitrogens with one attached hydrogen (secondary N) is 2. The number of hydrogen-bond acceptors (Lipinski definition) is 8. The number of carbonyl (C=O) groups is 4. The van der Waals surface area contributed by atoms with E-state index in [4.69, 9.17) is 10.8 Å². The molecule has 11 heteroatoms. The molecule has 0 aromatic heterocycles. The van der Waals surface area contributed by atoms with Gasteiger partial charge in [-0.15, -0.1) is 0 Å². The van der Waals surface area contributed by atoms with E-state index in [1.807, 2.05) is 20.8 Å². The molecule has 0 saturated carbocycles. The van der Waals surface area contributed by atoms with Gasteiger partial charge in [0.15, 0.2) is 0 Å². The summed E-state index contributed by atoms with van der Waals surface area (Å²) in [5.74, 6) is -2.61. The van der Waals surface area contributed by atoms with E-state index in [2.05, 4.69) is 23.3 Å². The Morgan fingerprint density at radius 3 is 2.32 bits per heavy atom. The van der Waals surface area contributed by atoms with Gasteiger partial charge in [0.1, 0.15) is 6.04 Å². The van der Waals surface area contributed by atoms with Crippen LogP contribution in [0.25, 0.3) is 0 Å². The molecule has 0 fully saturated rings. The predicted molar refractivity (Wildman–Crippen MR) is 118 cm³/mol. The lowest BCUT2D eigenvalue weighted by atomic mass is 10.2. The molecule has 0 radical (unpaired) electrons. The highest BCUT2D eigenvalue weighted by Crippen LogP contribution is 2.35. The number of nitrogens with two attached hydrogens (primary N) is 1. The summed E-state index contributed by atoms with van der Waals surface area (Å²) in [5, 5.41) is 13.8. The number of carboxylic acids is 1. The Morgan fingerprint density at radius 2 is 1.79 bits per heavy atom. The second kappa shape index (κ2) is 14.1. The number of rotatable bonds is 14. The molecule has 2 amide bonds. The molecular weight excluding hydrogens is 422 g/mol. The molecule has 0 heterocycles. The van der Waals surface area contributed by atoms with Gasteiger partial charge in [-0.05, 0) is 12.8 Å². The minimum atomic E-state index is -1.02. The molecule has 8 nitrogen and oxygen atoms in total. The minimum Gasteiger partial charge on any atom is -0.481 e. The van der Waals surface area contributed by atoms with Gasteiger partial charge in [0.25, 0.3) is 5.91 Å². The molecule has 5 N–H and O–H groups in total. The number of carboxylic acid groups (broad SMARTS) is 1. The average Bonchev–Trinajstić information content (AvgIpc) is 2.60. The maximum absolute atomic E-state index is 12.4. The number of Topliss-reactive ketones (excluding diaryl/α,β-unsaturated/α-hetero) is 1. The highest BCUT2D eigenvalue weighted by atomic mass is 33.1. The topological polar surface area (TPSA) is 139 Å². The minimum absolute atomic E-state index is 0.0238. The molecular formula is C17H31N3O5S3. The highest BCUT2D eigenvalue weighted by Gasteiger charge is 2.27. The molecule has 28 heavy (non-hydrogen) atoms. The lowest BCUT2D eigenvalue weighted by Crippen LogP contribution is -2.53. The molecule has 0 spiro atoms. The molecule has 0 aromatic carbocycles. The largest absolute Gasteiger partial charge is 0.481 e. The van der Waals surface area contributed by atoms with Crippen LogP contribution in [0.2, 0.25) is 0 Å². The zero-order chi connectivity index (χ0) is 21.7. The van der Waals surface area contributed by atoms with Crippen LogP contribution in [0.3, 0.4) is 0 Å². The Kier molecular flexibility index (Phi) is 13.7. The summed E-state index contributed by atoms with van der Waals surface area (Å²) in [6, 6.07) is -1.89. The molecule has 0 aliphatic heterocycles. The van der Waals surface area contributed by atoms with Crippen molar-refractivity contribution in [2.24, 2.45) is 5.73 Å². The first-order valence-corrected chi connectivity index (χ1v) is 11.9. The van der Waals surface area contributed by atoms with Crippen molar-refractivity contribution >= 4 is 57.8 Å². The summed E-state index contributed by atoms with van der Waals surface area (Å²) < 4.78 is -0.0238. The molecule has 0 aliphatic carbocycles. The lowest BCUT2D eigenvalue weighted by molar-refractivity contribution is -0.139. The van der Waals surface area contributed by atoms with E-state index >= 15 is 0 Å². The normalized spacial score (nSPS) is 13.5. The van der Waals surface area contributed by atoms with E-state index in [9.17, 15) is 19.2 Å². The SMILES string of the molecule is CC(C)(C)SSCC(NC(=O)C(=O)[C@@H](N)CS)C(=O)NCCCCCC(=O)O. The second-order valence-corrected chi connectivity index (χ2v) is 10.7. The zero-order valence-electron chi connectivity index (χ0n) is 16.5. The Balaban J connectivity index is 4.64. The van der Waals surface area contributed by atoms with Gasteiger partial charge in [0, 0.05) is 29.2 Å². The summed E-state index contributed by atoms with van der Waals surface area (Å²) in [6.07, 6.45) is 1.95. The number of amides is 2. The number of hydrogen-bond donors (Lipinski definition) is 5. The maximum Gasteiger partial charge on any atom is 0.303 e. The third kappa shape index (κ3) is 13.3. The van der Waals surface area contributed by atoms with Gasteiger partial charge in [-0.25, -0.2) is 0 Å². The molecule has 0 bridgehead atoms. The van der Waals surface area contributed by atoms with E-state index in [-0.39, 0.29) is 22.8 Å². The number of ketones is 1. The first-order chi connectivity index (χ1) is 13.0. The monoisotopic (exact) mass is 453 g/mol. The van der Waals surface area contributed by atoms with Crippen molar-refractivity contribution in [2.75, 3.05) is 18.1 Å². The summed E-state index contributed by atoms with van der Waals surface area (Å²) in [4.78, 5) is 46.9. The fraction of sp³-hybridized carbons (Fsp3) is 0.765. The van der Waals surface area contributed by atoms with Crippen molar-refractivity contribution in [2.45, 2.75) is 63.3 Å². The number of aliphatic carboxylic acids is 1. The lowest BCUT2D eigenvalue weighted by Gasteiger charge is -2.21. The standard InChI is InChI=1S/C17H31N3O5S3/c1-17(2,3)28-27-10-12(20-16(25)14(23)11(18)9-26)15(24)19-8-6-4-5-7-13(21)22/h11-12,26H,4-10,18H2,1-3H3,(H,19,24)(H,20,25)(H,21,22)/t11-,12?/m0/s1. The smallest absolute Gasteiger partial charge is 0.303 e. The van der Waals surface area contributed by atoms with Crippen molar-refractivity contribution in [1.29, 1.82) is 0 Å². The summed E-state index contributed by atoms with van der Waals surface area (Å²) in [7, 11) is 3.00. The van der Waals surface area contributed by atoms with Crippen LogP contribution >= 0.6 is 34.2 Å². The molecule has 0 aliphatic rings. The van der Waals surface area contributed by atoms with Crippen molar-refractivity contribution in [1.82, 2.24) is 10.6 Å². The van der Waals surface area contributed by atoms with E-state index in [0.717, 1.165) is 0 Å². The molecule has 0 aromatic rings. The first-order valence-electron chi connectivity index (χ1n) is 8.99. The van der Waals surface area contributed by atoms with Crippen molar-refractivity contribution < 1.29 is 24.3 Å². The zero-order valence-corrected chi connectivity index (χ0v) is 19.1. The van der Waals surface area contributed by atoms with E-state index in [1.54, 1.807) is 10.8 Å². The van der Waals surface area contributed by atoms with Gasteiger partial charge in [0.05, 0.1) is 6.04 Å². The quantitative estimate of drug-likeness (QED) is 0.115. The van der Waals surface area contributed by atoms with Crippen LogP contribution in [0.4, 0.5) is 0 Å². The predicted octanol–water partition coefficient (Wildman–Crippen LogP) is 1.24. The number of unbranched alkanes of at least 4 members (excludes halogenated alkanes) is 2. The van der Waals surface area contributed by atoms with Crippen molar-refractivity contribution in [3.8, 4) is 0 Å². The highest BCUT2D eigenvalue weighted by molar-refractivity contribution is 8.77. The third-order valence-corrected chi connectivity index (χ3v) is 7.03. The maximum atomic E-state index is 12.4. The Labute approximate surface area is 179 Å². The molecule has 0 saturated heterocycles. The van der Waals surface area contributed by atoms with Crippen LogP contribution in [0.5, 0.6) is 0 Å². The van der Waals surface area contributed by atoms with Gasteiger partial charge < -0.3 is 21.5 Å². The summed E-state index contributed by atoms with van der Waals surface area (Å²) in [5.41, 5.74) is 5.54. The Morgan fingerprint density at radius 1 is 1.14 bits per heavy atom. The number of thiol groups is 1. The van der Waals surface area contributed by atoms with Crippen LogP contribution in [-0.2, 0) is 19.2 Å². The second-order valence-electron chi connectivity index (χ2n) is 7.16. The van der Waals surface area contributed by atoms with Crippen molar-refractivity contribution in [3.63, 3.8) is 0 Å².